The number of hydrogen-bond acceptors (Lipinski definition) is 5. The molecule has 0 spiro atoms. The second kappa shape index (κ2) is 9.57. The van der Waals surface area contributed by atoms with Crippen LogP contribution in [0.5, 0.6) is 11.5 Å². The molecule has 0 aliphatic rings. The van der Waals surface area contributed by atoms with Crippen molar-refractivity contribution in [3.8, 4) is 23.3 Å². The number of rotatable bonds is 7. The molecule has 7 nitrogen and oxygen atoms in total. The van der Waals surface area contributed by atoms with Crippen molar-refractivity contribution in [2.75, 3.05) is 19.8 Å². The number of hydrogen-bond donors (Lipinski definition) is 2. The molecule has 0 saturated heterocycles. The van der Waals surface area contributed by atoms with E-state index in [0.29, 0.717) is 17.1 Å². The Kier molecular flexibility index (Phi) is 6.82. The summed E-state index contributed by atoms with van der Waals surface area (Å²) < 4.78 is 10.6. The maximum atomic E-state index is 11.6. The van der Waals surface area contributed by atoms with Gasteiger partial charge in [-0.2, -0.15) is 0 Å². The van der Waals surface area contributed by atoms with Gasteiger partial charge in [-0.05, 0) is 24.3 Å². The highest BCUT2D eigenvalue weighted by Crippen LogP contribution is 2.16. The van der Waals surface area contributed by atoms with Gasteiger partial charge in [-0.3, -0.25) is 14.6 Å². The van der Waals surface area contributed by atoms with E-state index in [1.54, 1.807) is 42.6 Å². The van der Waals surface area contributed by atoms with Gasteiger partial charge in [0.25, 0.3) is 11.8 Å². The molecule has 2 aromatic rings. The SMILES string of the molecule is NC(=O)c1ccccc1OCC#CCNC(=O)COc1cccnc1. The molecule has 1 aromatic heterocycles. The summed E-state index contributed by atoms with van der Waals surface area (Å²) in [6.45, 7) is 0.123. The zero-order valence-electron chi connectivity index (χ0n) is 13.4. The molecule has 1 heterocycles. The predicted molar refractivity (Wildman–Crippen MR) is 91.0 cm³/mol. The first kappa shape index (κ1) is 17.8. The normalized spacial score (nSPS) is 9.44. The van der Waals surface area contributed by atoms with Gasteiger partial charge in [0.15, 0.2) is 6.61 Å². The molecule has 0 aliphatic heterocycles. The standard InChI is InChI=1S/C18H17N3O4/c19-18(23)15-7-1-2-8-16(15)24-11-4-3-10-21-17(22)13-25-14-6-5-9-20-12-14/h1-2,5-9,12H,10-11,13H2,(H2,19,23)(H,21,22). The average Bonchev–Trinajstić information content (AvgIpc) is 2.64. The minimum absolute atomic E-state index is 0.0757. The van der Waals surface area contributed by atoms with Crippen LogP contribution in [0.25, 0.3) is 0 Å². The monoisotopic (exact) mass is 339 g/mol. The van der Waals surface area contributed by atoms with Crippen LogP contribution in [-0.2, 0) is 4.79 Å². The molecule has 0 saturated carbocycles. The molecule has 7 heteroatoms. The second-order valence-electron chi connectivity index (χ2n) is 4.76. The van der Waals surface area contributed by atoms with Gasteiger partial charge in [-0.1, -0.05) is 24.0 Å². The zero-order chi connectivity index (χ0) is 17.9. The molecule has 2 rings (SSSR count). The Morgan fingerprint density at radius 2 is 1.96 bits per heavy atom. The van der Waals surface area contributed by atoms with Gasteiger partial charge in [0.1, 0.15) is 18.1 Å². The van der Waals surface area contributed by atoms with Crippen LogP contribution in [0.3, 0.4) is 0 Å². The first-order valence-corrected chi connectivity index (χ1v) is 7.43. The number of carbonyl (C=O) groups is 2. The van der Waals surface area contributed by atoms with Gasteiger partial charge in [0, 0.05) is 6.20 Å². The first-order chi connectivity index (χ1) is 12.2. The number of nitrogens with one attached hydrogen (secondary N) is 1. The van der Waals surface area contributed by atoms with E-state index in [2.05, 4.69) is 22.1 Å². The van der Waals surface area contributed by atoms with Gasteiger partial charge in [-0.15, -0.1) is 0 Å². The van der Waals surface area contributed by atoms with Crippen LogP contribution < -0.4 is 20.5 Å². The molecule has 2 amide bonds. The smallest absolute Gasteiger partial charge is 0.258 e. The largest absolute Gasteiger partial charge is 0.482 e. The maximum absolute atomic E-state index is 11.6. The van der Waals surface area contributed by atoms with Crippen LogP contribution in [0.15, 0.2) is 48.8 Å². The highest BCUT2D eigenvalue weighted by molar-refractivity contribution is 5.95. The molecule has 1 aromatic carbocycles. The van der Waals surface area contributed by atoms with Crippen LogP contribution in [0.4, 0.5) is 0 Å². The zero-order valence-corrected chi connectivity index (χ0v) is 13.4. The Morgan fingerprint density at radius 1 is 1.12 bits per heavy atom. The molecule has 0 bridgehead atoms. The number of pyridine rings is 1. The van der Waals surface area contributed by atoms with Crippen molar-refractivity contribution in [2.45, 2.75) is 0 Å². The number of amides is 2. The van der Waals surface area contributed by atoms with Crippen LogP contribution >= 0.6 is 0 Å². The van der Waals surface area contributed by atoms with Gasteiger partial charge in [0.2, 0.25) is 0 Å². The molecule has 25 heavy (non-hydrogen) atoms. The van der Waals surface area contributed by atoms with Crippen molar-refractivity contribution in [3.05, 3.63) is 54.4 Å². The van der Waals surface area contributed by atoms with Crippen molar-refractivity contribution < 1.29 is 19.1 Å². The van der Waals surface area contributed by atoms with Crippen LogP contribution in [0.1, 0.15) is 10.4 Å². The lowest BCUT2D eigenvalue weighted by Gasteiger charge is -2.06. The topological polar surface area (TPSA) is 104 Å². The highest BCUT2D eigenvalue weighted by Gasteiger charge is 2.07. The molecule has 128 valence electrons. The lowest BCUT2D eigenvalue weighted by molar-refractivity contribution is -0.122. The summed E-state index contributed by atoms with van der Waals surface area (Å²) in [5, 5.41) is 2.59. The number of carbonyl (C=O) groups excluding carboxylic acids is 2. The predicted octanol–water partition coefficient (Wildman–Crippen LogP) is 0.758. The molecule has 0 unspecified atom stereocenters. The number of nitrogens with two attached hydrogens (primary N) is 1. The summed E-state index contributed by atoms with van der Waals surface area (Å²) in [4.78, 5) is 26.7. The first-order valence-electron chi connectivity index (χ1n) is 7.43. The summed E-state index contributed by atoms with van der Waals surface area (Å²) in [7, 11) is 0. The minimum atomic E-state index is -0.565. The quantitative estimate of drug-likeness (QED) is 0.725. The Bertz CT molecular complexity index is 782. The number of aromatic nitrogens is 1. The van der Waals surface area contributed by atoms with Gasteiger partial charge < -0.3 is 20.5 Å². The van der Waals surface area contributed by atoms with E-state index in [1.807, 2.05) is 0 Å². The van der Waals surface area contributed by atoms with E-state index in [4.69, 9.17) is 15.2 Å². The summed E-state index contributed by atoms with van der Waals surface area (Å²) in [5.74, 6) is 5.52. The number of primary amides is 1. The van der Waals surface area contributed by atoms with Crippen molar-refractivity contribution >= 4 is 11.8 Å². The fourth-order valence-corrected chi connectivity index (χ4v) is 1.80. The van der Waals surface area contributed by atoms with E-state index >= 15 is 0 Å². The number of para-hydroxylation sites is 1. The van der Waals surface area contributed by atoms with Crippen molar-refractivity contribution in [2.24, 2.45) is 5.73 Å². The summed E-state index contributed by atoms with van der Waals surface area (Å²) >= 11 is 0. The average molecular weight is 339 g/mol. The van der Waals surface area contributed by atoms with Gasteiger partial charge >= 0.3 is 0 Å². The summed E-state index contributed by atoms with van der Waals surface area (Å²) in [6.07, 6.45) is 3.14. The number of nitrogens with zero attached hydrogens (tertiary/aromatic N) is 1. The van der Waals surface area contributed by atoms with Crippen molar-refractivity contribution in [3.63, 3.8) is 0 Å². The van der Waals surface area contributed by atoms with Crippen LogP contribution in [0, 0.1) is 11.8 Å². The molecular formula is C18H17N3O4. The molecule has 0 aliphatic carbocycles. The highest BCUT2D eigenvalue weighted by atomic mass is 16.5. The lowest BCUT2D eigenvalue weighted by Crippen LogP contribution is -2.29. The van der Waals surface area contributed by atoms with Gasteiger partial charge in [0.05, 0.1) is 18.3 Å². The molecular weight excluding hydrogens is 322 g/mol. The van der Waals surface area contributed by atoms with E-state index in [0.717, 1.165) is 0 Å². The van der Waals surface area contributed by atoms with Crippen LogP contribution in [-0.4, -0.2) is 36.6 Å². The van der Waals surface area contributed by atoms with E-state index in [9.17, 15) is 9.59 Å². The third kappa shape index (κ3) is 6.23. The third-order valence-corrected chi connectivity index (χ3v) is 2.96. The molecule has 0 atom stereocenters. The lowest BCUT2D eigenvalue weighted by atomic mass is 10.2. The Morgan fingerprint density at radius 3 is 2.72 bits per heavy atom. The van der Waals surface area contributed by atoms with Crippen molar-refractivity contribution in [1.29, 1.82) is 0 Å². The molecule has 3 N–H and O–H groups in total. The maximum Gasteiger partial charge on any atom is 0.258 e. The molecule has 0 radical (unpaired) electrons. The van der Waals surface area contributed by atoms with Crippen molar-refractivity contribution in [1.82, 2.24) is 10.3 Å². The Labute approximate surface area is 145 Å². The van der Waals surface area contributed by atoms with Gasteiger partial charge in [-0.25, -0.2) is 0 Å². The number of benzene rings is 1. The Hall–Kier alpha value is -3.53. The van der Waals surface area contributed by atoms with E-state index in [1.165, 1.54) is 6.20 Å². The molecule has 0 fully saturated rings. The summed E-state index contributed by atoms with van der Waals surface area (Å²) in [6, 6.07) is 10.1. The Balaban J connectivity index is 1.67. The fourth-order valence-electron chi connectivity index (χ4n) is 1.80. The summed E-state index contributed by atoms with van der Waals surface area (Å²) in [5.41, 5.74) is 5.55. The minimum Gasteiger partial charge on any atom is -0.482 e. The fraction of sp³-hybridized carbons (Fsp3) is 0.167. The van der Waals surface area contributed by atoms with E-state index < -0.39 is 5.91 Å². The van der Waals surface area contributed by atoms with Crippen LogP contribution in [0.2, 0.25) is 0 Å². The van der Waals surface area contributed by atoms with E-state index in [-0.39, 0.29) is 25.7 Å². The third-order valence-electron chi connectivity index (χ3n) is 2.96. The number of ether oxygens (including phenoxy) is 2. The second-order valence-corrected chi connectivity index (χ2v) is 4.76.